The molecule has 0 bridgehead atoms. The summed E-state index contributed by atoms with van der Waals surface area (Å²) < 4.78 is 16.7. The second-order valence-electron chi connectivity index (χ2n) is 18.1. The maximum atomic E-state index is 12.8. The molecule has 0 radical (unpaired) electrons. The van der Waals surface area contributed by atoms with Crippen molar-refractivity contribution in [2.45, 2.75) is 271 Å². The molecule has 0 aromatic rings. The number of hydrogen-bond acceptors (Lipinski definition) is 6. The quantitative estimate of drug-likeness (QED) is 0.0262. The molecule has 0 aliphatic carbocycles. The van der Waals surface area contributed by atoms with Crippen LogP contribution in [0.4, 0.5) is 0 Å². The number of allylic oxidation sites excluding steroid dienone is 11. The number of hydrogen-bond donors (Lipinski definition) is 0. The standard InChI is InChI=1S/C59H102O6/c1-4-7-10-13-16-19-22-25-28-31-34-37-40-43-46-49-52-58(61)64-55-56(54-63-57(60)51-48-45-42-39-36-33-30-27-24-21-18-15-12-9-6-3)65-59(62)53-50-47-44-41-38-35-32-29-26-23-20-17-14-11-8-5-2/h9,12,18,21,27-28,30-31,36,39,45,48,56H,4-8,10-11,13-17,19-20,22-26,29,32-35,37-38,40-44,46-47,49-55H2,1-3H3/b12-9-,21-18-,30-27-,31-28-,39-36-,48-45-. The third kappa shape index (κ3) is 51.7. The fourth-order valence-corrected chi connectivity index (χ4v) is 7.63. The third-order valence-corrected chi connectivity index (χ3v) is 11.7. The van der Waals surface area contributed by atoms with Crippen LogP contribution in [0.1, 0.15) is 265 Å². The van der Waals surface area contributed by atoms with E-state index in [2.05, 4.69) is 81.5 Å². The smallest absolute Gasteiger partial charge is 0.309 e. The maximum absolute atomic E-state index is 12.8. The molecule has 0 aliphatic rings. The van der Waals surface area contributed by atoms with Crippen molar-refractivity contribution in [1.29, 1.82) is 0 Å². The van der Waals surface area contributed by atoms with Crippen molar-refractivity contribution in [2.75, 3.05) is 13.2 Å². The molecule has 0 N–H and O–H groups in total. The molecule has 0 saturated heterocycles. The topological polar surface area (TPSA) is 78.9 Å². The van der Waals surface area contributed by atoms with Gasteiger partial charge in [-0.2, -0.15) is 0 Å². The zero-order valence-electron chi connectivity index (χ0n) is 42.7. The summed E-state index contributed by atoms with van der Waals surface area (Å²) in [7, 11) is 0. The Morgan fingerprint density at radius 3 is 1.06 bits per heavy atom. The van der Waals surface area contributed by atoms with Crippen LogP contribution in [0.2, 0.25) is 0 Å². The molecule has 6 heteroatoms. The van der Waals surface area contributed by atoms with Crippen LogP contribution in [-0.4, -0.2) is 37.2 Å². The summed E-state index contributed by atoms with van der Waals surface area (Å²) in [6.45, 7) is 6.45. The summed E-state index contributed by atoms with van der Waals surface area (Å²) in [6, 6.07) is 0. The Labute approximate surface area is 402 Å². The van der Waals surface area contributed by atoms with E-state index in [4.69, 9.17) is 14.2 Å². The van der Waals surface area contributed by atoms with E-state index in [1.54, 1.807) is 6.08 Å². The number of unbranched alkanes of at least 4 members (excludes halogenated alkanes) is 27. The van der Waals surface area contributed by atoms with Gasteiger partial charge in [0.1, 0.15) is 13.2 Å². The Morgan fingerprint density at radius 1 is 0.338 bits per heavy atom. The first kappa shape index (κ1) is 61.9. The monoisotopic (exact) mass is 907 g/mol. The van der Waals surface area contributed by atoms with Gasteiger partial charge < -0.3 is 14.2 Å². The molecule has 0 fully saturated rings. The van der Waals surface area contributed by atoms with Crippen molar-refractivity contribution in [2.24, 2.45) is 0 Å². The van der Waals surface area contributed by atoms with Gasteiger partial charge in [-0.05, 0) is 70.6 Å². The first-order valence-electron chi connectivity index (χ1n) is 27.4. The van der Waals surface area contributed by atoms with Crippen molar-refractivity contribution >= 4 is 17.9 Å². The fourth-order valence-electron chi connectivity index (χ4n) is 7.63. The second-order valence-corrected chi connectivity index (χ2v) is 18.1. The highest BCUT2D eigenvalue weighted by atomic mass is 16.6. The van der Waals surface area contributed by atoms with Gasteiger partial charge >= 0.3 is 17.9 Å². The van der Waals surface area contributed by atoms with E-state index < -0.39 is 12.1 Å². The van der Waals surface area contributed by atoms with E-state index in [9.17, 15) is 14.4 Å². The van der Waals surface area contributed by atoms with E-state index in [1.165, 1.54) is 148 Å². The molecule has 1 atom stereocenters. The zero-order valence-corrected chi connectivity index (χ0v) is 42.7. The highest BCUT2D eigenvalue weighted by Gasteiger charge is 2.19. The molecule has 0 rings (SSSR count). The lowest BCUT2D eigenvalue weighted by atomic mass is 10.0. The zero-order chi connectivity index (χ0) is 47.2. The number of ether oxygens (including phenoxy) is 3. The van der Waals surface area contributed by atoms with Gasteiger partial charge in [0, 0.05) is 12.8 Å². The average molecular weight is 907 g/mol. The van der Waals surface area contributed by atoms with Crippen LogP contribution in [0, 0.1) is 0 Å². The number of carbonyl (C=O) groups is 3. The summed E-state index contributed by atoms with van der Waals surface area (Å²) in [4.78, 5) is 38.0. The predicted molar refractivity (Wildman–Crippen MR) is 279 cm³/mol. The molecule has 65 heavy (non-hydrogen) atoms. The highest BCUT2D eigenvalue weighted by molar-refractivity contribution is 5.72. The minimum absolute atomic E-state index is 0.107. The summed E-state index contributed by atoms with van der Waals surface area (Å²) in [5.74, 6) is -1.04. The van der Waals surface area contributed by atoms with Gasteiger partial charge in [0.25, 0.3) is 0 Å². The molecular formula is C59H102O6. The van der Waals surface area contributed by atoms with E-state index in [1.807, 2.05) is 6.08 Å². The van der Waals surface area contributed by atoms with Crippen molar-refractivity contribution in [3.63, 3.8) is 0 Å². The van der Waals surface area contributed by atoms with E-state index in [0.717, 1.165) is 77.0 Å². The van der Waals surface area contributed by atoms with E-state index >= 15 is 0 Å². The molecular weight excluding hydrogens is 805 g/mol. The summed E-state index contributed by atoms with van der Waals surface area (Å²) in [5.41, 5.74) is 0. The molecule has 1 unspecified atom stereocenters. The maximum Gasteiger partial charge on any atom is 0.309 e. The molecule has 0 aliphatic heterocycles. The minimum atomic E-state index is -0.816. The fraction of sp³-hybridized carbons (Fsp3) is 0.746. The van der Waals surface area contributed by atoms with Gasteiger partial charge in [-0.3, -0.25) is 14.4 Å². The SMILES string of the molecule is CC/C=C\C/C=C\C/C=C\C/C=C\C/C=C\CC(=O)OCC(COC(=O)CCCCCCC/C=C\CCCCCCCCC)OC(=O)CCCCCCCCCCCCCCCCCC. The van der Waals surface area contributed by atoms with Gasteiger partial charge in [0.05, 0.1) is 6.42 Å². The lowest BCUT2D eigenvalue weighted by Crippen LogP contribution is -2.30. The highest BCUT2D eigenvalue weighted by Crippen LogP contribution is 2.15. The van der Waals surface area contributed by atoms with Crippen LogP contribution in [0.3, 0.4) is 0 Å². The van der Waals surface area contributed by atoms with Crippen LogP contribution < -0.4 is 0 Å². The van der Waals surface area contributed by atoms with Crippen molar-refractivity contribution in [3.05, 3.63) is 72.9 Å². The van der Waals surface area contributed by atoms with Gasteiger partial charge in [0.2, 0.25) is 0 Å². The molecule has 0 aromatic carbocycles. The normalized spacial score (nSPS) is 12.6. The Morgan fingerprint density at radius 2 is 0.662 bits per heavy atom. The largest absolute Gasteiger partial charge is 0.462 e. The van der Waals surface area contributed by atoms with E-state index in [-0.39, 0.29) is 31.6 Å². The number of esters is 3. The summed E-state index contributed by atoms with van der Waals surface area (Å²) in [5, 5.41) is 0. The van der Waals surface area contributed by atoms with Crippen LogP contribution in [0.15, 0.2) is 72.9 Å². The van der Waals surface area contributed by atoms with Crippen LogP contribution >= 0.6 is 0 Å². The summed E-state index contributed by atoms with van der Waals surface area (Å²) >= 11 is 0. The number of rotatable bonds is 49. The molecule has 0 spiro atoms. The Bertz CT molecular complexity index is 1230. The van der Waals surface area contributed by atoms with Gasteiger partial charge in [-0.25, -0.2) is 0 Å². The van der Waals surface area contributed by atoms with Crippen molar-refractivity contribution < 1.29 is 28.6 Å². The molecule has 0 aromatic heterocycles. The molecule has 0 saturated carbocycles. The lowest BCUT2D eigenvalue weighted by Gasteiger charge is -2.18. The third-order valence-electron chi connectivity index (χ3n) is 11.7. The van der Waals surface area contributed by atoms with E-state index in [0.29, 0.717) is 12.8 Å². The molecule has 0 heterocycles. The lowest BCUT2D eigenvalue weighted by molar-refractivity contribution is -0.166. The van der Waals surface area contributed by atoms with Crippen LogP contribution in [-0.2, 0) is 28.6 Å². The van der Waals surface area contributed by atoms with Crippen molar-refractivity contribution in [3.8, 4) is 0 Å². The Balaban J connectivity index is 4.48. The van der Waals surface area contributed by atoms with Crippen LogP contribution in [0.25, 0.3) is 0 Å². The van der Waals surface area contributed by atoms with Gasteiger partial charge in [0.15, 0.2) is 6.10 Å². The Hall–Kier alpha value is -3.15. The van der Waals surface area contributed by atoms with Gasteiger partial charge in [-0.1, -0.05) is 248 Å². The van der Waals surface area contributed by atoms with Crippen LogP contribution in [0.5, 0.6) is 0 Å². The van der Waals surface area contributed by atoms with Gasteiger partial charge in [-0.15, -0.1) is 0 Å². The average Bonchev–Trinajstić information content (AvgIpc) is 3.30. The second kappa shape index (κ2) is 53.5. The first-order chi connectivity index (χ1) is 32.0. The first-order valence-corrected chi connectivity index (χ1v) is 27.4. The summed E-state index contributed by atoms with van der Waals surface area (Å²) in [6.07, 6.45) is 67.7. The molecule has 0 amide bonds. The minimum Gasteiger partial charge on any atom is -0.462 e. The van der Waals surface area contributed by atoms with Crippen molar-refractivity contribution in [1.82, 2.24) is 0 Å². The Kier molecular flexibility index (Phi) is 50.9. The molecule has 374 valence electrons. The predicted octanol–water partition coefficient (Wildman–Crippen LogP) is 18.2. The molecule has 6 nitrogen and oxygen atoms in total. The number of carbonyl (C=O) groups excluding carboxylic acids is 3.